The number of amides is 2. The lowest BCUT2D eigenvalue weighted by Crippen LogP contribution is -2.43. The monoisotopic (exact) mass is 364 g/mol. The lowest BCUT2D eigenvalue weighted by atomic mass is 10.0. The van der Waals surface area contributed by atoms with Crippen LogP contribution >= 0.6 is 0 Å². The topological polar surface area (TPSA) is 49.9 Å². The minimum atomic E-state index is -0.0937. The number of nitrogens with zero attached hydrogens (tertiary/aromatic N) is 2. The summed E-state index contributed by atoms with van der Waals surface area (Å²) in [6, 6.07) is 18.1. The van der Waals surface area contributed by atoms with Crippen molar-refractivity contribution >= 4 is 17.5 Å². The summed E-state index contributed by atoms with van der Waals surface area (Å²) in [7, 11) is 0. The predicted molar refractivity (Wildman–Crippen MR) is 104 cm³/mol. The fourth-order valence-corrected chi connectivity index (χ4v) is 4.01. The van der Waals surface area contributed by atoms with Crippen molar-refractivity contribution in [2.45, 2.75) is 31.7 Å². The molecule has 1 saturated heterocycles. The van der Waals surface area contributed by atoms with E-state index in [1.807, 2.05) is 47.4 Å². The fourth-order valence-electron chi connectivity index (χ4n) is 4.01. The molecule has 0 saturated carbocycles. The standard InChI is InChI=1S/C22H24N2O3/c25-21(23-13-6-9-18(23)15-17-7-2-1-3-8-17)12-14-24-19-10-4-5-11-20(19)27-16-22(24)26/h1-5,7-8,10-11,18H,6,9,12-16H2/t18-/m1/s1. The summed E-state index contributed by atoms with van der Waals surface area (Å²) >= 11 is 0. The van der Waals surface area contributed by atoms with Gasteiger partial charge in [-0.05, 0) is 37.0 Å². The van der Waals surface area contributed by atoms with Crippen molar-refractivity contribution in [3.8, 4) is 5.75 Å². The first kappa shape index (κ1) is 17.6. The van der Waals surface area contributed by atoms with E-state index in [1.54, 1.807) is 4.90 Å². The summed E-state index contributed by atoms with van der Waals surface area (Å²) in [5.41, 5.74) is 2.02. The number of fused-ring (bicyclic) bond motifs is 1. The molecule has 2 heterocycles. The third-order valence-corrected chi connectivity index (χ3v) is 5.37. The first-order valence-corrected chi connectivity index (χ1v) is 9.58. The van der Waals surface area contributed by atoms with Gasteiger partial charge in [0.15, 0.2) is 6.61 Å². The minimum Gasteiger partial charge on any atom is -0.482 e. The van der Waals surface area contributed by atoms with Crippen LogP contribution in [0.15, 0.2) is 54.6 Å². The van der Waals surface area contributed by atoms with Crippen LogP contribution in [0.3, 0.4) is 0 Å². The molecule has 2 aliphatic heterocycles. The van der Waals surface area contributed by atoms with Gasteiger partial charge in [0.25, 0.3) is 5.91 Å². The van der Waals surface area contributed by atoms with Crippen molar-refractivity contribution in [1.82, 2.24) is 4.90 Å². The number of ether oxygens (including phenoxy) is 1. The Hall–Kier alpha value is -2.82. The molecule has 27 heavy (non-hydrogen) atoms. The van der Waals surface area contributed by atoms with Crippen LogP contribution in [0.1, 0.15) is 24.8 Å². The van der Waals surface area contributed by atoms with Gasteiger partial charge in [-0.3, -0.25) is 9.59 Å². The smallest absolute Gasteiger partial charge is 0.265 e. The Balaban J connectivity index is 1.40. The van der Waals surface area contributed by atoms with Crippen LogP contribution < -0.4 is 9.64 Å². The van der Waals surface area contributed by atoms with Gasteiger partial charge in [0, 0.05) is 25.6 Å². The Morgan fingerprint density at radius 1 is 1.07 bits per heavy atom. The highest BCUT2D eigenvalue weighted by atomic mass is 16.5. The molecular formula is C22H24N2O3. The van der Waals surface area contributed by atoms with E-state index in [0.717, 1.165) is 31.5 Å². The van der Waals surface area contributed by atoms with Crippen LogP contribution in [0.5, 0.6) is 5.75 Å². The SMILES string of the molecule is O=C1COc2ccccc2N1CCC(=O)N1CCC[C@@H]1Cc1ccccc1. The molecule has 0 aliphatic carbocycles. The van der Waals surface area contributed by atoms with Crippen LogP contribution in [-0.4, -0.2) is 42.5 Å². The van der Waals surface area contributed by atoms with Crippen LogP contribution in [-0.2, 0) is 16.0 Å². The number of para-hydroxylation sites is 2. The molecule has 0 bridgehead atoms. The molecule has 2 aliphatic rings. The summed E-state index contributed by atoms with van der Waals surface area (Å²) in [6.07, 6.45) is 3.32. The average molecular weight is 364 g/mol. The van der Waals surface area contributed by atoms with Crippen molar-refractivity contribution in [3.05, 3.63) is 60.2 Å². The zero-order chi connectivity index (χ0) is 18.6. The highest BCUT2D eigenvalue weighted by Crippen LogP contribution is 2.31. The first-order chi connectivity index (χ1) is 13.2. The molecule has 0 N–H and O–H groups in total. The Labute approximate surface area is 159 Å². The van der Waals surface area contributed by atoms with Crippen LogP contribution in [0.2, 0.25) is 0 Å². The number of hydrogen-bond acceptors (Lipinski definition) is 3. The molecule has 1 fully saturated rings. The molecule has 4 rings (SSSR count). The van der Waals surface area contributed by atoms with Crippen LogP contribution in [0.25, 0.3) is 0 Å². The maximum absolute atomic E-state index is 12.9. The quantitative estimate of drug-likeness (QED) is 0.819. The predicted octanol–water partition coefficient (Wildman–Crippen LogP) is 3.04. The lowest BCUT2D eigenvalue weighted by Gasteiger charge is -2.30. The number of benzene rings is 2. The molecule has 2 aromatic carbocycles. The van der Waals surface area contributed by atoms with E-state index >= 15 is 0 Å². The average Bonchev–Trinajstić information content (AvgIpc) is 3.16. The number of hydrogen-bond donors (Lipinski definition) is 0. The number of carbonyl (C=O) groups excluding carboxylic acids is 2. The largest absolute Gasteiger partial charge is 0.482 e. The Kier molecular flexibility index (Phi) is 5.10. The van der Waals surface area contributed by atoms with Gasteiger partial charge in [0.2, 0.25) is 5.91 Å². The van der Waals surface area contributed by atoms with Crippen molar-refractivity contribution in [2.24, 2.45) is 0 Å². The molecule has 0 aromatic heterocycles. The summed E-state index contributed by atoms with van der Waals surface area (Å²) in [4.78, 5) is 28.8. The van der Waals surface area contributed by atoms with Crippen molar-refractivity contribution in [3.63, 3.8) is 0 Å². The van der Waals surface area contributed by atoms with Gasteiger partial charge in [-0.25, -0.2) is 0 Å². The molecule has 0 spiro atoms. The van der Waals surface area contributed by atoms with E-state index < -0.39 is 0 Å². The zero-order valence-corrected chi connectivity index (χ0v) is 15.3. The van der Waals surface area contributed by atoms with E-state index in [1.165, 1.54) is 5.56 Å². The molecule has 5 heteroatoms. The maximum atomic E-state index is 12.9. The molecule has 0 radical (unpaired) electrons. The maximum Gasteiger partial charge on any atom is 0.265 e. The zero-order valence-electron chi connectivity index (χ0n) is 15.3. The molecular weight excluding hydrogens is 340 g/mol. The van der Waals surface area contributed by atoms with Crippen LogP contribution in [0, 0.1) is 0 Å². The van der Waals surface area contributed by atoms with E-state index in [4.69, 9.17) is 4.74 Å². The van der Waals surface area contributed by atoms with Crippen LogP contribution in [0.4, 0.5) is 5.69 Å². The normalized spacial score (nSPS) is 19.0. The van der Waals surface area contributed by atoms with Gasteiger partial charge in [0.1, 0.15) is 5.75 Å². The van der Waals surface area contributed by atoms with E-state index in [9.17, 15) is 9.59 Å². The highest BCUT2D eigenvalue weighted by Gasteiger charge is 2.30. The number of likely N-dealkylation sites (tertiary alicyclic amines) is 1. The van der Waals surface area contributed by atoms with Gasteiger partial charge in [-0.2, -0.15) is 0 Å². The second-order valence-corrected chi connectivity index (χ2v) is 7.12. The van der Waals surface area contributed by atoms with Gasteiger partial charge < -0.3 is 14.5 Å². The van der Waals surface area contributed by atoms with Crippen molar-refractivity contribution in [1.29, 1.82) is 0 Å². The summed E-state index contributed by atoms with van der Waals surface area (Å²) in [6.45, 7) is 1.24. The Morgan fingerprint density at radius 2 is 1.85 bits per heavy atom. The molecule has 1 atom stereocenters. The minimum absolute atomic E-state index is 0.0333. The second kappa shape index (κ2) is 7.82. The third-order valence-electron chi connectivity index (χ3n) is 5.37. The fraction of sp³-hybridized carbons (Fsp3) is 0.364. The molecule has 140 valence electrons. The summed E-state index contributed by atoms with van der Waals surface area (Å²) in [5.74, 6) is 0.738. The van der Waals surface area contributed by atoms with Crippen molar-refractivity contribution in [2.75, 3.05) is 24.6 Å². The Morgan fingerprint density at radius 3 is 2.70 bits per heavy atom. The summed E-state index contributed by atoms with van der Waals surface area (Å²) < 4.78 is 5.47. The third kappa shape index (κ3) is 3.82. The first-order valence-electron chi connectivity index (χ1n) is 9.58. The number of rotatable bonds is 5. The summed E-state index contributed by atoms with van der Waals surface area (Å²) in [5, 5.41) is 0. The van der Waals surface area contributed by atoms with Gasteiger partial charge in [-0.15, -0.1) is 0 Å². The van der Waals surface area contributed by atoms with Gasteiger partial charge in [-0.1, -0.05) is 42.5 Å². The second-order valence-electron chi connectivity index (χ2n) is 7.12. The molecule has 2 amide bonds. The number of carbonyl (C=O) groups is 2. The highest BCUT2D eigenvalue weighted by molar-refractivity contribution is 5.98. The van der Waals surface area contributed by atoms with Crippen molar-refractivity contribution < 1.29 is 14.3 Å². The van der Waals surface area contributed by atoms with E-state index in [-0.39, 0.29) is 24.5 Å². The van der Waals surface area contributed by atoms with Gasteiger partial charge in [0.05, 0.1) is 5.69 Å². The van der Waals surface area contributed by atoms with E-state index in [0.29, 0.717) is 18.7 Å². The number of anilines is 1. The lowest BCUT2D eigenvalue weighted by molar-refractivity contribution is -0.131. The molecule has 0 unspecified atom stereocenters. The molecule has 5 nitrogen and oxygen atoms in total. The Bertz CT molecular complexity index is 821. The van der Waals surface area contributed by atoms with E-state index in [2.05, 4.69) is 12.1 Å². The van der Waals surface area contributed by atoms with Gasteiger partial charge >= 0.3 is 0 Å². The molecule has 2 aromatic rings.